The molecule has 1 aliphatic carbocycles. The minimum absolute atomic E-state index is 0.0546. The third-order valence-corrected chi connectivity index (χ3v) is 5.90. The van der Waals surface area contributed by atoms with Crippen molar-refractivity contribution in [2.45, 2.75) is 36.5 Å². The summed E-state index contributed by atoms with van der Waals surface area (Å²) in [6, 6.07) is 8.85. The predicted octanol–water partition coefficient (Wildman–Crippen LogP) is 3.12. The average molecular weight is 427 g/mol. The monoisotopic (exact) mass is 427 g/mol. The molecule has 10 heteroatoms. The van der Waals surface area contributed by atoms with Crippen molar-refractivity contribution in [1.82, 2.24) is 10.0 Å². The van der Waals surface area contributed by atoms with E-state index in [2.05, 4.69) is 15.4 Å². The van der Waals surface area contributed by atoms with Crippen LogP contribution in [0, 0.1) is 0 Å². The van der Waals surface area contributed by atoms with Crippen LogP contribution in [0.4, 0.5) is 18.9 Å². The van der Waals surface area contributed by atoms with Crippen LogP contribution in [0.15, 0.2) is 47.4 Å². The summed E-state index contributed by atoms with van der Waals surface area (Å²) in [6.07, 6.45) is -2.67. The Morgan fingerprint density at radius 1 is 1.10 bits per heavy atom. The minimum Gasteiger partial charge on any atom is -0.380 e. The molecular formula is C19H20F3N3O3S. The molecular weight excluding hydrogens is 407 g/mol. The summed E-state index contributed by atoms with van der Waals surface area (Å²) in [5.74, 6) is -0.407. The molecule has 6 nitrogen and oxygen atoms in total. The Morgan fingerprint density at radius 2 is 1.76 bits per heavy atom. The number of hydrogen-bond donors (Lipinski definition) is 3. The summed E-state index contributed by atoms with van der Waals surface area (Å²) < 4.78 is 64.3. The Bertz CT molecular complexity index is 1000. The second-order valence-electron chi connectivity index (χ2n) is 6.71. The van der Waals surface area contributed by atoms with Crippen molar-refractivity contribution in [2.24, 2.45) is 0 Å². The third-order valence-electron chi connectivity index (χ3n) is 4.49. The smallest absolute Gasteiger partial charge is 0.380 e. The highest BCUT2D eigenvalue weighted by Gasteiger charge is 2.30. The molecule has 156 valence electrons. The van der Waals surface area contributed by atoms with E-state index in [1.54, 1.807) is 0 Å². The number of carbonyl (C=O) groups is 1. The topological polar surface area (TPSA) is 87.3 Å². The van der Waals surface area contributed by atoms with E-state index in [0.717, 1.165) is 25.0 Å². The van der Waals surface area contributed by atoms with Gasteiger partial charge in [-0.2, -0.15) is 13.2 Å². The molecule has 1 fully saturated rings. The summed E-state index contributed by atoms with van der Waals surface area (Å²) in [5.41, 5.74) is 0.379. The Labute approximate surface area is 166 Å². The first-order chi connectivity index (χ1) is 13.6. The molecule has 1 aliphatic rings. The second kappa shape index (κ2) is 8.03. The van der Waals surface area contributed by atoms with Crippen molar-refractivity contribution in [3.63, 3.8) is 0 Å². The number of halogens is 3. The van der Waals surface area contributed by atoms with Crippen molar-refractivity contribution in [3.05, 3.63) is 59.2 Å². The standard InChI is InChI=1S/C19H20F3N3O3S/c1-23-29(27,28)15-8-9-17(16(10-15)18(26)25-14-6-7-14)24-11-12-2-4-13(5-3-12)19(20,21)22/h2-5,8-10,14,23-24H,6-7,11H2,1H3,(H,25,26). The highest BCUT2D eigenvalue weighted by Crippen LogP contribution is 2.29. The number of amides is 1. The van der Waals surface area contributed by atoms with Gasteiger partial charge >= 0.3 is 6.18 Å². The molecule has 0 unspecified atom stereocenters. The molecule has 2 aromatic rings. The van der Waals surface area contributed by atoms with E-state index in [1.165, 1.54) is 37.4 Å². The SMILES string of the molecule is CNS(=O)(=O)c1ccc(NCc2ccc(C(F)(F)F)cc2)c(C(=O)NC2CC2)c1. The fourth-order valence-corrected chi connectivity index (χ4v) is 3.41. The van der Waals surface area contributed by atoms with Gasteiger partial charge in [0.05, 0.1) is 16.0 Å². The van der Waals surface area contributed by atoms with Crippen LogP contribution in [0.2, 0.25) is 0 Å². The molecule has 29 heavy (non-hydrogen) atoms. The zero-order valence-corrected chi connectivity index (χ0v) is 16.3. The first-order valence-electron chi connectivity index (χ1n) is 8.88. The van der Waals surface area contributed by atoms with E-state index in [4.69, 9.17) is 0 Å². The van der Waals surface area contributed by atoms with Gasteiger partial charge in [0.2, 0.25) is 10.0 Å². The summed E-state index contributed by atoms with van der Waals surface area (Å²) in [4.78, 5) is 12.5. The van der Waals surface area contributed by atoms with E-state index in [9.17, 15) is 26.4 Å². The fraction of sp³-hybridized carbons (Fsp3) is 0.316. The first-order valence-corrected chi connectivity index (χ1v) is 10.4. The molecule has 0 aliphatic heterocycles. The van der Waals surface area contributed by atoms with Gasteiger partial charge in [-0.3, -0.25) is 4.79 Å². The Hall–Kier alpha value is -2.59. The zero-order chi connectivity index (χ0) is 21.2. The molecule has 0 heterocycles. The summed E-state index contributed by atoms with van der Waals surface area (Å²) in [7, 11) is -2.46. The fourth-order valence-electron chi connectivity index (χ4n) is 2.65. The molecule has 2 aromatic carbocycles. The maximum atomic E-state index is 12.7. The van der Waals surface area contributed by atoms with Crippen LogP contribution in [-0.4, -0.2) is 27.4 Å². The van der Waals surface area contributed by atoms with Gasteiger partial charge in [0.15, 0.2) is 0 Å². The lowest BCUT2D eigenvalue weighted by Crippen LogP contribution is -2.27. The van der Waals surface area contributed by atoms with Gasteiger partial charge in [-0.15, -0.1) is 0 Å². The van der Waals surface area contributed by atoms with Gasteiger partial charge in [0.25, 0.3) is 5.91 Å². The van der Waals surface area contributed by atoms with Crippen molar-refractivity contribution in [1.29, 1.82) is 0 Å². The summed E-state index contributed by atoms with van der Waals surface area (Å²) in [6.45, 7) is 0.167. The van der Waals surface area contributed by atoms with Gasteiger partial charge in [-0.25, -0.2) is 13.1 Å². The lowest BCUT2D eigenvalue weighted by atomic mass is 10.1. The van der Waals surface area contributed by atoms with E-state index in [0.29, 0.717) is 11.3 Å². The molecule has 0 atom stereocenters. The quantitative estimate of drug-likeness (QED) is 0.634. The number of hydrogen-bond acceptors (Lipinski definition) is 4. The third kappa shape index (κ3) is 5.27. The first kappa shape index (κ1) is 21.1. The number of carbonyl (C=O) groups excluding carboxylic acids is 1. The molecule has 0 radical (unpaired) electrons. The van der Waals surface area contributed by atoms with Crippen LogP contribution < -0.4 is 15.4 Å². The predicted molar refractivity (Wildman–Crippen MR) is 102 cm³/mol. The highest BCUT2D eigenvalue weighted by atomic mass is 32.2. The normalized spacial score (nSPS) is 14.5. The molecule has 3 rings (SSSR count). The molecule has 1 amide bonds. The van der Waals surface area contributed by atoms with E-state index < -0.39 is 27.7 Å². The van der Waals surface area contributed by atoms with Crippen LogP contribution in [0.5, 0.6) is 0 Å². The van der Waals surface area contributed by atoms with Crippen molar-refractivity contribution in [2.75, 3.05) is 12.4 Å². The molecule has 0 spiro atoms. The number of rotatable bonds is 7. The molecule has 3 N–H and O–H groups in total. The Morgan fingerprint density at radius 3 is 2.31 bits per heavy atom. The second-order valence-corrected chi connectivity index (χ2v) is 8.60. The molecule has 0 saturated heterocycles. The average Bonchev–Trinajstić information content (AvgIpc) is 3.49. The van der Waals surface area contributed by atoms with Gasteiger partial charge in [0.1, 0.15) is 0 Å². The van der Waals surface area contributed by atoms with E-state index in [1.807, 2.05) is 0 Å². The van der Waals surface area contributed by atoms with Gasteiger partial charge in [0, 0.05) is 18.3 Å². The van der Waals surface area contributed by atoms with Crippen LogP contribution in [0.25, 0.3) is 0 Å². The van der Waals surface area contributed by atoms with Gasteiger partial charge in [-0.05, 0) is 55.8 Å². The van der Waals surface area contributed by atoms with Crippen LogP contribution in [0.1, 0.15) is 34.3 Å². The number of sulfonamides is 1. The summed E-state index contributed by atoms with van der Waals surface area (Å²) >= 11 is 0. The zero-order valence-electron chi connectivity index (χ0n) is 15.5. The number of nitrogens with one attached hydrogen (secondary N) is 3. The van der Waals surface area contributed by atoms with Crippen LogP contribution >= 0.6 is 0 Å². The number of benzene rings is 2. The maximum Gasteiger partial charge on any atom is 0.416 e. The minimum atomic E-state index is -4.41. The Kier molecular flexibility index (Phi) is 5.85. The van der Waals surface area contributed by atoms with Crippen molar-refractivity contribution >= 4 is 21.6 Å². The molecule has 1 saturated carbocycles. The van der Waals surface area contributed by atoms with Crippen LogP contribution in [-0.2, 0) is 22.7 Å². The van der Waals surface area contributed by atoms with Crippen molar-refractivity contribution < 1.29 is 26.4 Å². The lowest BCUT2D eigenvalue weighted by Gasteiger charge is -2.14. The Balaban J connectivity index is 1.82. The summed E-state index contributed by atoms with van der Waals surface area (Å²) in [5, 5.41) is 5.81. The number of anilines is 1. The lowest BCUT2D eigenvalue weighted by molar-refractivity contribution is -0.137. The van der Waals surface area contributed by atoms with Crippen LogP contribution in [0.3, 0.4) is 0 Å². The largest absolute Gasteiger partial charge is 0.416 e. The van der Waals surface area contributed by atoms with E-state index >= 15 is 0 Å². The maximum absolute atomic E-state index is 12.7. The molecule has 0 aromatic heterocycles. The number of alkyl halides is 3. The van der Waals surface area contributed by atoms with E-state index in [-0.39, 0.29) is 23.0 Å². The van der Waals surface area contributed by atoms with Gasteiger partial charge in [-0.1, -0.05) is 12.1 Å². The van der Waals surface area contributed by atoms with Gasteiger partial charge < -0.3 is 10.6 Å². The highest BCUT2D eigenvalue weighted by molar-refractivity contribution is 7.89. The van der Waals surface area contributed by atoms with Crippen molar-refractivity contribution in [3.8, 4) is 0 Å². The molecule has 0 bridgehead atoms.